The summed E-state index contributed by atoms with van der Waals surface area (Å²) >= 11 is 0. The number of nitrogens with one attached hydrogen (secondary N) is 1. The number of nitrogens with zero attached hydrogens (tertiary/aromatic N) is 2. The topological polar surface area (TPSA) is 67.6 Å². The molecule has 3 aromatic rings. The molecule has 1 amide bonds. The third-order valence-corrected chi connectivity index (χ3v) is 4.65. The van der Waals surface area contributed by atoms with Crippen LogP contribution in [0.25, 0.3) is 11.3 Å². The van der Waals surface area contributed by atoms with Crippen LogP contribution in [0.3, 0.4) is 0 Å². The van der Waals surface area contributed by atoms with Crippen LogP contribution in [-0.2, 0) is 11.2 Å². The number of rotatable bonds is 9. The highest BCUT2D eigenvalue weighted by Gasteiger charge is 2.17. The van der Waals surface area contributed by atoms with Gasteiger partial charge in [-0.1, -0.05) is 47.6 Å². The highest BCUT2D eigenvalue weighted by atomic mass is 16.5. The molecule has 1 aromatic heterocycles. The molecule has 0 saturated heterocycles. The summed E-state index contributed by atoms with van der Waals surface area (Å²) in [6, 6.07) is 19.6. The average molecular weight is 393 g/mol. The minimum absolute atomic E-state index is 0.0619. The first-order valence-corrected chi connectivity index (χ1v) is 9.73. The maximum absolute atomic E-state index is 12.4. The van der Waals surface area contributed by atoms with E-state index in [4.69, 9.17) is 9.26 Å². The van der Waals surface area contributed by atoms with E-state index in [2.05, 4.69) is 15.4 Å². The summed E-state index contributed by atoms with van der Waals surface area (Å²) in [5, 5.41) is 7.03. The van der Waals surface area contributed by atoms with Gasteiger partial charge in [0.2, 0.25) is 5.91 Å². The summed E-state index contributed by atoms with van der Waals surface area (Å²) in [5.74, 6) is 1.42. The van der Waals surface area contributed by atoms with Crippen LogP contribution in [0, 0.1) is 0 Å². The number of likely N-dealkylation sites (N-methyl/N-ethyl adjacent to an activating group) is 1. The lowest BCUT2D eigenvalue weighted by Crippen LogP contribution is -2.35. The number of aromatic nitrogens is 1. The molecule has 0 aliphatic carbocycles. The Morgan fingerprint density at radius 1 is 1.14 bits per heavy atom. The van der Waals surface area contributed by atoms with Crippen LogP contribution in [0.4, 0.5) is 0 Å². The van der Waals surface area contributed by atoms with E-state index in [0.29, 0.717) is 24.6 Å². The highest BCUT2D eigenvalue weighted by Crippen LogP contribution is 2.22. The second-order valence-corrected chi connectivity index (χ2v) is 7.01. The summed E-state index contributed by atoms with van der Waals surface area (Å²) < 4.78 is 10.9. The predicted molar refractivity (Wildman–Crippen MR) is 113 cm³/mol. The van der Waals surface area contributed by atoms with Crippen LogP contribution in [0.1, 0.15) is 24.2 Å². The standard InChI is InChI=1S/C23H27N3O3/c1-4-28-20-12-10-17(11-13-20)21(26(2)3)16-24-23(27)15-19-14-22(29-25-19)18-8-6-5-7-9-18/h5-14,21H,4,15-16H2,1-3H3,(H,24,27). The van der Waals surface area contributed by atoms with E-state index in [0.717, 1.165) is 16.9 Å². The van der Waals surface area contributed by atoms with Gasteiger partial charge < -0.3 is 19.5 Å². The SMILES string of the molecule is CCOc1ccc(C(CNC(=O)Cc2cc(-c3ccccc3)on2)N(C)C)cc1. The molecule has 0 fully saturated rings. The third-order valence-electron chi connectivity index (χ3n) is 4.65. The molecule has 1 unspecified atom stereocenters. The van der Waals surface area contributed by atoms with Crippen molar-refractivity contribution in [2.75, 3.05) is 27.2 Å². The van der Waals surface area contributed by atoms with Gasteiger partial charge >= 0.3 is 0 Å². The molecule has 1 atom stereocenters. The van der Waals surface area contributed by atoms with Crippen molar-refractivity contribution in [1.82, 2.24) is 15.4 Å². The quantitative estimate of drug-likeness (QED) is 0.600. The predicted octanol–water partition coefficient (Wildman–Crippen LogP) is 3.70. The van der Waals surface area contributed by atoms with E-state index >= 15 is 0 Å². The molecule has 0 radical (unpaired) electrons. The maximum Gasteiger partial charge on any atom is 0.226 e. The number of carbonyl (C=O) groups is 1. The van der Waals surface area contributed by atoms with Crippen molar-refractivity contribution in [3.05, 3.63) is 71.9 Å². The largest absolute Gasteiger partial charge is 0.494 e. The molecule has 2 aromatic carbocycles. The minimum atomic E-state index is -0.0873. The molecule has 0 aliphatic rings. The fourth-order valence-corrected chi connectivity index (χ4v) is 3.12. The number of hydrogen-bond donors (Lipinski definition) is 1. The van der Waals surface area contributed by atoms with Gasteiger partial charge in [-0.15, -0.1) is 0 Å². The Bertz CT molecular complexity index is 905. The van der Waals surface area contributed by atoms with Crippen LogP contribution in [-0.4, -0.2) is 43.2 Å². The smallest absolute Gasteiger partial charge is 0.226 e. The van der Waals surface area contributed by atoms with Gasteiger partial charge in [0.05, 0.1) is 24.8 Å². The van der Waals surface area contributed by atoms with Gasteiger partial charge in [-0.3, -0.25) is 4.79 Å². The number of benzene rings is 2. The Kier molecular flexibility index (Phi) is 7.03. The zero-order valence-electron chi connectivity index (χ0n) is 17.1. The van der Waals surface area contributed by atoms with E-state index in [1.165, 1.54) is 0 Å². The van der Waals surface area contributed by atoms with E-state index in [1.54, 1.807) is 0 Å². The summed E-state index contributed by atoms with van der Waals surface area (Å²) in [7, 11) is 3.99. The van der Waals surface area contributed by atoms with Crippen molar-refractivity contribution >= 4 is 5.91 Å². The van der Waals surface area contributed by atoms with Crippen molar-refractivity contribution in [3.8, 4) is 17.1 Å². The number of amides is 1. The fraction of sp³-hybridized carbons (Fsp3) is 0.304. The molecule has 29 heavy (non-hydrogen) atoms. The van der Waals surface area contributed by atoms with Gasteiger partial charge in [0, 0.05) is 18.2 Å². The van der Waals surface area contributed by atoms with Crippen LogP contribution in [0.15, 0.2) is 65.2 Å². The van der Waals surface area contributed by atoms with Gasteiger partial charge in [-0.25, -0.2) is 0 Å². The van der Waals surface area contributed by atoms with Crippen molar-refractivity contribution in [1.29, 1.82) is 0 Å². The fourth-order valence-electron chi connectivity index (χ4n) is 3.12. The lowest BCUT2D eigenvalue weighted by molar-refractivity contribution is -0.120. The molecule has 1 heterocycles. The van der Waals surface area contributed by atoms with Crippen molar-refractivity contribution in [3.63, 3.8) is 0 Å². The van der Waals surface area contributed by atoms with Gasteiger partial charge in [-0.2, -0.15) is 0 Å². The molecule has 0 spiro atoms. The highest BCUT2D eigenvalue weighted by molar-refractivity contribution is 5.78. The van der Waals surface area contributed by atoms with Gasteiger partial charge in [0.25, 0.3) is 0 Å². The zero-order chi connectivity index (χ0) is 20.6. The first kappa shape index (κ1) is 20.6. The van der Waals surface area contributed by atoms with Gasteiger partial charge in [-0.05, 0) is 38.7 Å². The Morgan fingerprint density at radius 2 is 1.86 bits per heavy atom. The molecule has 1 N–H and O–H groups in total. The molecular formula is C23H27N3O3. The second kappa shape index (κ2) is 9.89. The minimum Gasteiger partial charge on any atom is -0.494 e. The van der Waals surface area contributed by atoms with Gasteiger partial charge in [0.1, 0.15) is 5.75 Å². The molecule has 0 bridgehead atoms. The summed E-state index contributed by atoms with van der Waals surface area (Å²) in [4.78, 5) is 14.5. The molecule has 152 valence electrons. The Labute approximate surface area is 171 Å². The number of ether oxygens (including phenoxy) is 1. The Hall–Kier alpha value is -3.12. The van der Waals surface area contributed by atoms with E-state index < -0.39 is 0 Å². The second-order valence-electron chi connectivity index (χ2n) is 7.01. The number of carbonyl (C=O) groups excluding carboxylic acids is 1. The molecule has 3 rings (SSSR count). The monoisotopic (exact) mass is 393 g/mol. The van der Waals surface area contributed by atoms with Crippen LogP contribution < -0.4 is 10.1 Å². The van der Waals surface area contributed by atoms with E-state index in [1.807, 2.05) is 81.7 Å². The normalized spacial score (nSPS) is 12.0. The summed E-state index contributed by atoms with van der Waals surface area (Å²) in [5.41, 5.74) is 2.67. The van der Waals surface area contributed by atoms with Crippen LogP contribution in [0.5, 0.6) is 5.75 Å². The zero-order valence-corrected chi connectivity index (χ0v) is 17.1. The average Bonchev–Trinajstić information content (AvgIpc) is 3.18. The lowest BCUT2D eigenvalue weighted by atomic mass is 10.1. The molecule has 6 nitrogen and oxygen atoms in total. The summed E-state index contributed by atoms with van der Waals surface area (Å²) in [6.07, 6.45) is 0.180. The van der Waals surface area contributed by atoms with Crippen molar-refractivity contribution in [2.24, 2.45) is 0 Å². The summed E-state index contributed by atoms with van der Waals surface area (Å²) in [6.45, 7) is 3.10. The van der Waals surface area contributed by atoms with Crippen LogP contribution in [0.2, 0.25) is 0 Å². The Morgan fingerprint density at radius 3 is 2.52 bits per heavy atom. The number of hydrogen-bond acceptors (Lipinski definition) is 5. The van der Waals surface area contributed by atoms with Crippen molar-refractivity contribution in [2.45, 2.75) is 19.4 Å². The lowest BCUT2D eigenvalue weighted by Gasteiger charge is -2.25. The molecule has 0 saturated carbocycles. The third kappa shape index (κ3) is 5.68. The van der Waals surface area contributed by atoms with Gasteiger partial charge in [0.15, 0.2) is 5.76 Å². The molecule has 6 heteroatoms. The molecular weight excluding hydrogens is 366 g/mol. The van der Waals surface area contributed by atoms with Crippen molar-refractivity contribution < 1.29 is 14.1 Å². The first-order chi connectivity index (χ1) is 14.1. The van der Waals surface area contributed by atoms with Crippen LogP contribution >= 0.6 is 0 Å². The van der Waals surface area contributed by atoms with E-state index in [9.17, 15) is 4.79 Å². The maximum atomic E-state index is 12.4. The van der Waals surface area contributed by atoms with E-state index in [-0.39, 0.29) is 18.4 Å². The first-order valence-electron chi connectivity index (χ1n) is 9.73. The Balaban J connectivity index is 1.57. The molecule has 0 aliphatic heterocycles.